The number of nitrogens with one attached hydrogen (secondary N) is 1. The number of carbonyl (C=O) groups excluding carboxylic acids is 1. The first-order chi connectivity index (χ1) is 9.16. The van der Waals surface area contributed by atoms with Gasteiger partial charge in [0, 0.05) is 12.2 Å². The van der Waals surface area contributed by atoms with Crippen molar-refractivity contribution < 1.29 is 4.79 Å². The standard InChI is InChI=1S/C15H15ClN2O/c16-14-4-2-1-3-13(14)15(19)18-10-9-11-5-7-12(17)8-6-11/h1-8H,9-10,17H2,(H,18,19). The van der Waals surface area contributed by atoms with Gasteiger partial charge in [-0.05, 0) is 36.2 Å². The van der Waals surface area contributed by atoms with Gasteiger partial charge in [-0.3, -0.25) is 4.79 Å². The minimum atomic E-state index is -0.152. The minimum Gasteiger partial charge on any atom is -0.399 e. The number of halogens is 1. The number of nitrogen functional groups attached to an aromatic ring is 1. The second kappa shape index (κ2) is 6.25. The maximum atomic E-state index is 11.9. The number of benzene rings is 2. The third-order valence-corrected chi connectivity index (χ3v) is 3.13. The highest BCUT2D eigenvalue weighted by Gasteiger charge is 2.08. The number of anilines is 1. The number of hydrogen-bond donors (Lipinski definition) is 2. The molecule has 0 aliphatic carbocycles. The summed E-state index contributed by atoms with van der Waals surface area (Å²) in [4.78, 5) is 11.9. The van der Waals surface area contributed by atoms with Gasteiger partial charge in [-0.25, -0.2) is 0 Å². The molecule has 0 radical (unpaired) electrons. The van der Waals surface area contributed by atoms with Crippen molar-refractivity contribution in [2.24, 2.45) is 0 Å². The lowest BCUT2D eigenvalue weighted by atomic mass is 10.1. The molecular formula is C15H15ClN2O. The molecule has 0 atom stereocenters. The Hall–Kier alpha value is -2.00. The molecule has 2 rings (SSSR count). The summed E-state index contributed by atoms with van der Waals surface area (Å²) < 4.78 is 0. The first-order valence-electron chi connectivity index (χ1n) is 6.04. The quantitative estimate of drug-likeness (QED) is 0.843. The van der Waals surface area contributed by atoms with Gasteiger partial charge in [0.1, 0.15) is 0 Å². The third-order valence-electron chi connectivity index (χ3n) is 2.80. The molecule has 0 unspecified atom stereocenters. The van der Waals surface area contributed by atoms with Crippen LogP contribution in [-0.2, 0) is 6.42 Å². The van der Waals surface area contributed by atoms with Crippen molar-refractivity contribution in [2.75, 3.05) is 12.3 Å². The molecule has 19 heavy (non-hydrogen) atoms. The van der Waals surface area contributed by atoms with Crippen molar-refractivity contribution in [3.8, 4) is 0 Å². The van der Waals surface area contributed by atoms with E-state index in [4.69, 9.17) is 17.3 Å². The Morgan fingerprint density at radius 1 is 1.11 bits per heavy atom. The normalized spacial score (nSPS) is 10.2. The van der Waals surface area contributed by atoms with Gasteiger partial charge in [0.15, 0.2) is 0 Å². The Balaban J connectivity index is 1.88. The Bertz CT molecular complexity index is 567. The van der Waals surface area contributed by atoms with Gasteiger partial charge in [-0.15, -0.1) is 0 Å². The van der Waals surface area contributed by atoms with Gasteiger partial charge in [-0.1, -0.05) is 35.9 Å². The fourth-order valence-corrected chi connectivity index (χ4v) is 1.97. The second-order valence-electron chi connectivity index (χ2n) is 4.23. The smallest absolute Gasteiger partial charge is 0.252 e. The van der Waals surface area contributed by atoms with Crippen LogP contribution in [0.25, 0.3) is 0 Å². The van der Waals surface area contributed by atoms with Crippen LogP contribution in [0.15, 0.2) is 48.5 Å². The van der Waals surface area contributed by atoms with Crippen LogP contribution in [0.4, 0.5) is 5.69 Å². The fourth-order valence-electron chi connectivity index (χ4n) is 1.75. The summed E-state index contributed by atoms with van der Waals surface area (Å²) >= 11 is 5.96. The highest BCUT2D eigenvalue weighted by molar-refractivity contribution is 6.33. The summed E-state index contributed by atoms with van der Waals surface area (Å²) in [6.07, 6.45) is 0.760. The lowest BCUT2D eigenvalue weighted by Crippen LogP contribution is -2.25. The van der Waals surface area contributed by atoms with Gasteiger partial charge in [0.25, 0.3) is 5.91 Å². The summed E-state index contributed by atoms with van der Waals surface area (Å²) in [6, 6.07) is 14.6. The van der Waals surface area contributed by atoms with Crippen LogP contribution in [0, 0.1) is 0 Å². The zero-order chi connectivity index (χ0) is 13.7. The van der Waals surface area contributed by atoms with E-state index >= 15 is 0 Å². The lowest BCUT2D eigenvalue weighted by Gasteiger charge is -2.07. The monoisotopic (exact) mass is 274 g/mol. The first kappa shape index (κ1) is 13.4. The highest BCUT2D eigenvalue weighted by Crippen LogP contribution is 2.14. The van der Waals surface area contributed by atoms with Crippen molar-refractivity contribution >= 4 is 23.2 Å². The predicted octanol–water partition coefficient (Wildman–Crippen LogP) is 2.89. The summed E-state index contributed by atoms with van der Waals surface area (Å²) in [7, 11) is 0. The zero-order valence-corrected chi connectivity index (χ0v) is 11.2. The number of hydrogen-bond acceptors (Lipinski definition) is 2. The molecule has 0 bridgehead atoms. The van der Waals surface area contributed by atoms with E-state index in [9.17, 15) is 4.79 Å². The van der Waals surface area contributed by atoms with Crippen LogP contribution in [0.1, 0.15) is 15.9 Å². The molecule has 3 nitrogen and oxygen atoms in total. The van der Waals surface area contributed by atoms with Gasteiger partial charge < -0.3 is 11.1 Å². The largest absolute Gasteiger partial charge is 0.399 e. The fraction of sp³-hybridized carbons (Fsp3) is 0.133. The van der Waals surface area contributed by atoms with Crippen molar-refractivity contribution in [1.29, 1.82) is 0 Å². The van der Waals surface area contributed by atoms with E-state index in [1.54, 1.807) is 24.3 Å². The van der Waals surface area contributed by atoms with Crippen molar-refractivity contribution in [3.63, 3.8) is 0 Å². The Morgan fingerprint density at radius 2 is 1.79 bits per heavy atom. The molecule has 3 N–H and O–H groups in total. The average Bonchev–Trinajstić information content (AvgIpc) is 2.41. The molecule has 0 heterocycles. The Morgan fingerprint density at radius 3 is 2.47 bits per heavy atom. The molecule has 0 saturated carbocycles. The summed E-state index contributed by atoms with van der Waals surface area (Å²) in [5.74, 6) is -0.152. The van der Waals surface area contributed by atoms with E-state index in [-0.39, 0.29) is 5.91 Å². The number of carbonyl (C=O) groups is 1. The molecule has 2 aromatic carbocycles. The molecule has 2 aromatic rings. The summed E-state index contributed by atoms with van der Waals surface area (Å²) in [5.41, 5.74) is 7.99. The van der Waals surface area contributed by atoms with E-state index in [2.05, 4.69) is 5.32 Å². The number of amides is 1. The summed E-state index contributed by atoms with van der Waals surface area (Å²) in [6.45, 7) is 0.563. The number of rotatable bonds is 4. The molecule has 4 heteroatoms. The lowest BCUT2D eigenvalue weighted by molar-refractivity contribution is 0.0954. The van der Waals surface area contributed by atoms with E-state index in [0.717, 1.165) is 17.7 Å². The topological polar surface area (TPSA) is 55.1 Å². The SMILES string of the molecule is Nc1ccc(CCNC(=O)c2ccccc2Cl)cc1. The van der Waals surface area contributed by atoms with E-state index in [0.29, 0.717) is 17.1 Å². The first-order valence-corrected chi connectivity index (χ1v) is 6.42. The van der Waals surface area contributed by atoms with E-state index in [1.807, 2.05) is 24.3 Å². The van der Waals surface area contributed by atoms with Crippen LogP contribution in [-0.4, -0.2) is 12.5 Å². The molecule has 0 fully saturated rings. The van der Waals surface area contributed by atoms with Crippen LogP contribution < -0.4 is 11.1 Å². The molecule has 0 spiro atoms. The molecule has 0 aromatic heterocycles. The zero-order valence-electron chi connectivity index (χ0n) is 10.4. The third kappa shape index (κ3) is 3.73. The van der Waals surface area contributed by atoms with Crippen LogP contribution in [0.2, 0.25) is 5.02 Å². The van der Waals surface area contributed by atoms with Crippen molar-refractivity contribution in [1.82, 2.24) is 5.32 Å². The van der Waals surface area contributed by atoms with Crippen LogP contribution >= 0.6 is 11.6 Å². The van der Waals surface area contributed by atoms with E-state index < -0.39 is 0 Å². The highest BCUT2D eigenvalue weighted by atomic mass is 35.5. The number of nitrogens with two attached hydrogens (primary N) is 1. The Labute approximate surface area is 117 Å². The minimum absolute atomic E-state index is 0.152. The van der Waals surface area contributed by atoms with Gasteiger partial charge >= 0.3 is 0 Å². The molecule has 1 amide bonds. The molecule has 0 aliphatic rings. The molecule has 0 aliphatic heterocycles. The molecule has 0 saturated heterocycles. The average molecular weight is 275 g/mol. The molecule has 98 valence electrons. The van der Waals surface area contributed by atoms with Gasteiger partial charge in [0.2, 0.25) is 0 Å². The maximum Gasteiger partial charge on any atom is 0.252 e. The van der Waals surface area contributed by atoms with Gasteiger partial charge in [-0.2, -0.15) is 0 Å². The molecular weight excluding hydrogens is 260 g/mol. The van der Waals surface area contributed by atoms with E-state index in [1.165, 1.54) is 0 Å². The van der Waals surface area contributed by atoms with Gasteiger partial charge in [0.05, 0.1) is 10.6 Å². The summed E-state index contributed by atoms with van der Waals surface area (Å²) in [5, 5.41) is 3.31. The Kier molecular flexibility index (Phi) is 4.42. The van der Waals surface area contributed by atoms with Crippen molar-refractivity contribution in [2.45, 2.75) is 6.42 Å². The van der Waals surface area contributed by atoms with Crippen LogP contribution in [0.5, 0.6) is 0 Å². The van der Waals surface area contributed by atoms with Crippen molar-refractivity contribution in [3.05, 3.63) is 64.7 Å². The van der Waals surface area contributed by atoms with Crippen LogP contribution in [0.3, 0.4) is 0 Å². The second-order valence-corrected chi connectivity index (χ2v) is 4.63. The predicted molar refractivity (Wildman–Crippen MR) is 78.3 cm³/mol. The maximum absolute atomic E-state index is 11.9.